The van der Waals surface area contributed by atoms with E-state index in [1.54, 1.807) is 11.3 Å². The molecule has 0 bridgehead atoms. The SMILES string of the molecule is Cc1nc(CCNS(=O)(=O)N2CCCC(CN)C2)cs1. The minimum Gasteiger partial charge on any atom is -0.330 e. The maximum atomic E-state index is 12.2. The zero-order valence-electron chi connectivity index (χ0n) is 11.7. The van der Waals surface area contributed by atoms with Crippen LogP contribution in [0.2, 0.25) is 0 Å². The van der Waals surface area contributed by atoms with Crippen LogP contribution >= 0.6 is 11.3 Å². The molecule has 0 radical (unpaired) electrons. The highest BCUT2D eigenvalue weighted by Crippen LogP contribution is 2.17. The van der Waals surface area contributed by atoms with E-state index in [-0.39, 0.29) is 5.92 Å². The van der Waals surface area contributed by atoms with E-state index < -0.39 is 10.2 Å². The Hall–Kier alpha value is -0.540. The predicted octanol–water partition coefficient (Wildman–Crippen LogP) is 0.499. The number of aromatic nitrogens is 1. The standard InChI is InChI=1S/C12H22N4O2S2/c1-10-15-12(9-19-10)4-5-14-20(17,18)16-6-2-3-11(7-13)8-16/h9,11,14H,2-8,13H2,1H3. The first-order chi connectivity index (χ1) is 9.51. The van der Waals surface area contributed by atoms with Crippen molar-refractivity contribution in [1.29, 1.82) is 0 Å². The normalized spacial score (nSPS) is 21.2. The van der Waals surface area contributed by atoms with Crippen molar-refractivity contribution in [1.82, 2.24) is 14.0 Å². The van der Waals surface area contributed by atoms with E-state index in [0.717, 1.165) is 23.5 Å². The van der Waals surface area contributed by atoms with E-state index in [1.807, 2.05) is 12.3 Å². The van der Waals surface area contributed by atoms with E-state index in [0.29, 0.717) is 32.6 Å². The minimum atomic E-state index is -3.39. The van der Waals surface area contributed by atoms with Gasteiger partial charge in [-0.2, -0.15) is 12.7 Å². The quantitative estimate of drug-likeness (QED) is 0.799. The van der Waals surface area contributed by atoms with Crippen LogP contribution in [0.4, 0.5) is 0 Å². The summed E-state index contributed by atoms with van der Waals surface area (Å²) in [6, 6.07) is 0. The maximum absolute atomic E-state index is 12.2. The van der Waals surface area contributed by atoms with Crippen molar-refractivity contribution in [3.8, 4) is 0 Å². The van der Waals surface area contributed by atoms with Crippen molar-refractivity contribution in [3.05, 3.63) is 16.1 Å². The Kier molecular flexibility index (Phi) is 5.50. The van der Waals surface area contributed by atoms with Crippen molar-refractivity contribution in [2.24, 2.45) is 11.7 Å². The van der Waals surface area contributed by atoms with Gasteiger partial charge in [0.2, 0.25) is 0 Å². The average molecular weight is 318 g/mol. The second-order valence-electron chi connectivity index (χ2n) is 5.11. The van der Waals surface area contributed by atoms with Gasteiger partial charge in [0.15, 0.2) is 0 Å². The molecule has 2 rings (SSSR count). The molecule has 1 aromatic heterocycles. The lowest BCUT2D eigenvalue weighted by molar-refractivity contribution is 0.269. The summed E-state index contributed by atoms with van der Waals surface area (Å²) in [5.41, 5.74) is 6.58. The van der Waals surface area contributed by atoms with Gasteiger partial charge in [-0.05, 0) is 32.2 Å². The minimum absolute atomic E-state index is 0.279. The van der Waals surface area contributed by atoms with Crippen LogP contribution in [0.5, 0.6) is 0 Å². The van der Waals surface area contributed by atoms with Crippen molar-refractivity contribution in [2.45, 2.75) is 26.2 Å². The summed E-state index contributed by atoms with van der Waals surface area (Å²) in [6.45, 7) is 3.99. The summed E-state index contributed by atoms with van der Waals surface area (Å²) in [6.07, 6.45) is 2.52. The van der Waals surface area contributed by atoms with Crippen molar-refractivity contribution >= 4 is 21.5 Å². The largest absolute Gasteiger partial charge is 0.330 e. The molecule has 1 aliphatic rings. The predicted molar refractivity (Wildman–Crippen MR) is 80.8 cm³/mol. The second-order valence-corrected chi connectivity index (χ2v) is 7.93. The molecule has 1 fully saturated rings. The van der Waals surface area contributed by atoms with Gasteiger partial charge in [0.05, 0.1) is 10.7 Å². The number of thiazole rings is 1. The Bertz CT molecular complexity index is 529. The van der Waals surface area contributed by atoms with Crippen LogP contribution in [-0.4, -0.2) is 43.9 Å². The molecule has 0 aromatic carbocycles. The number of rotatable bonds is 6. The van der Waals surface area contributed by atoms with E-state index >= 15 is 0 Å². The van der Waals surface area contributed by atoms with E-state index in [9.17, 15) is 8.42 Å². The Balaban J connectivity index is 1.84. The van der Waals surface area contributed by atoms with Crippen LogP contribution in [0.1, 0.15) is 23.5 Å². The first kappa shape index (κ1) is 15.8. The van der Waals surface area contributed by atoms with Gasteiger partial charge < -0.3 is 5.73 Å². The van der Waals surface area contributed by atoms with Gasteiger partial charge in [-0.25, -0.2) is 9.71 Å². The fourth-order valence-electron chi connectivity index (χ4n) is 2.36. The lowest BCUT2D eigenvalue weighted by Gasteiger charge is -2.31. The zero-order chi connectivity index (χ0) is 14.6. The Morgan fingerprint density at radius 1 is 1.60 bits per heavy atom. The molecule has 1 atom stereocenters. The smallest absolute Gasteiger partial charge is 0.279 e. The van der Waals surface area contributed by atoms with Crippen LogP contribution < -0.4 is 10.5 Å². The molecule has 2 heterocycles. The first-order valence-corrected chi connectivity index (χ1v) is 9.19. The molecule has 0 amide bonds. The van der Waals surface area contributed by atoms with Crippen LogP contribution in [0, 0.1) is 12.8 Å². The fourth-order valence-corrected chi connectivity index (χ4v) is 4.33. The summed E-state index contributed by atoms with van der Waals surface area (Å²) in [7, 11) is -3.39. The molecular formula is C12H22N4O2S2. The van der Waals surface area contributed by atoms with Crippen molar-refractivity contribution < 1.29 is 8.42 Å². The van der Waals surface area contributed by atoms with E-state index in [1.165, 1.54) is 4.31 Å². The summed E-state index contributed by atoms with van der Waals surface area (Å²) >= 11 is 1.58. The number of nitrogens with one attached hydrogen (secondary N) is 1. The molecule has 1 aromatic rings. The maximum Gasteiger partial charge on any atom is 0.279 e. The molecule has 1 saturated heterocycles. The summed E-state index contributed by atoms with van der Waals surface area (Å²) in [5.74, 6) is 0.279. The number of piperidine rings is 1. The lowest BCUT2D eigenvalue weighted by atomic mass is 10.0. The van der Waals surface area contributed by atoms with Crippen molar-refractivity contribution in [2.75, 3.05) is 26.2 Å². The molecule has 1 aliphatic heterocycles. The Morgan fingerprint density at radius 2 is 2.40 bits per heavy atom. The highest BCUT2D eigenvalue weighted by Gasteiger charge is 2.27. The molecule has 114 valence electrons. The number of nitrogens with zero attached hydrogens (tertiary/aromatic N) is 2. The average Bonchev–Trinajstić information content (AvgIpc) is 2.84. The highest BCUT2D eigenvalue weighted by molar-refractivity contribution is 7.87. The van der Waals surface area contributed by atoms with Crippen LogP contribution in [0.3, 0.4) is 0 Å². The zero-order valence-corrected chi connectivity index (χ0v) is 13.3. The molecular weight excluding hydrogens is 296 g/mol. The van der Waals surface area contributed by atoms with Gasteiger partial charge in [-0.15, -0.1) is 11.3 Å². The Morgan fingerprint density at radius 3 is 3.05 bits per heavy atom. The highest BCUT2D eigenvalue weighted by atomic mass is 32.2. The third kappa shape index (κ3) is 4.23. The number of hydrogen-bond donors (Lipinski definition) is 2. The topological polar surface area (TPSA) is 88.3 Å². The first-order valence-electron chi connectivity index (χ1n) is 6.87. The number of hydrogen-bond acceptors (Lipinski definition) is 5. The van der Waals surface area contributed by atoms with Gasteiger partial charge in [0.1, 0.15) is 0 Å². The monoisotopic (exact) mass is 318 g/mol. The van der Waals surface area contributed by atoms with Gasteiger partial charge >= 0.3 is 0 Å². The third-order valence-corrected chi connectivity index (χ3v) is 5.89. The van der Waals surface area contributed by atoms with Crippen LogP contribution in [-0.2, 0) is 16.6 Å². The summed E-state index contributed by atoms with van der Waals surface area (Å²) in [4.78, 5) is 4.32. The fraction of sp³-hybridized carbons (Fsp3) is 0.750. The lowest BCUT2D eigenvalue weighted by Crippen LogP contribution is -2.47. The molecule has 8 heteroatoms. The van der Waals surface area contributed by atoms with Crippen LogP contribution in [0.15, 0.2) is 5.38 Å². The van der Waals surface area contributed by atoms with Crippen molar-refractivity contribution in [3.63, 3.8) is 0 Å². The summed E-state index contributed by atoms with van der Waals surface area (Å²) in [5, 5.41) is 2.97. The van der Waals surface area contributed by atoms with E-state index in [4.69, 9.17) is 5.73 Å². The molecule has 0 spiro atoms. The molecule has 6 nitrogen and oxygen atoms in total. The molecule has 3 N–H and O–H groups in total. The summed E-state index contributed by atoms with van der Waals surface area (Å²) < 4.78 is 28.6. The molecule has 20 heavy (non-hydrogen) atoms. The van der Waals surface area contributed by atoms with Crippen LogP contribution in [0.25, 0.3) is 0 Å². The van der Waals surface area contributed by atoms with Gasteiger partial charge in [-0.1, -0.05) is 0 Å². The van der Waals surface area contributed by atoms with E-state index in [2.05, 4.69) is 9.71 Å². The van der Waals surface area contributed by atoms with Gasteiger partial charge in [-0.3, -0.25) is 0 Å². The Labute approximate surface area is 124 Å². The molecule has 0 aliphatic carbocycles. The molecule has 0 saturated carbocycles. The number of aryl methyl sites for hydroxylation is 1. The molecule has 1 unspecified atom stereocenters. The number of nitrogens with two attached hydrogens (primary N) is 1. The second kappa shape index (κ2) is 6.95. The third-order valence-electron chi connectivity index (χ3n) is 3.49. The van der Waals surface area contributed by atoms with Gasteiger partial charge in [0.25, 0.3) is 10.2 Å². The van der Waals surface area contributed by atoms with Gasteiger partial charge in [0, 0.05) is 31.4 Å².